The van der Waals surface area contributed by atoms with Crippen LogP contribution in [0.25, 0.3) is 0 Å². The third-order valence-corrected chi connectivity index (χ3v) is 2.74. The van der Waals surface area contributed by atoms with Crippen molar-refractivity contribution in [3.8, 4) is 0 Å². The lowest BCUT2D eigenvalue weighted by Crippen LogP contribution is -2.33. The van der Waals surface area contributed by atoms with Crippen LogP contribution in [0.2, 0.25) is 0 Å². The minimum Gasteiger partial charge on any atom is -0.480 e. The summed E-state index contributed by atoms with van der Waals surface area (Å²) in [5, 5.41) is 11.2. The second-order valence-electron chi connectivity index (χ2n) is 4.66. The average Bonchev–Trinajstić information content (AvgIpc) is 2.53. The zero-order chi connectivity index (χ0) is 17.3. The molecule has 0 rings (SSSR count). The number of hydrogen-bond donors (Lipinski definition) is 3. The Morgan fingerprint density at radius 1 is 1.00 bits per heavy atom. The Balaban J connectivity index is 3.23. The minimum atomic E-state index is -1.11. The van der Waals surface area contributed by atoms with Gasteiger partial charge in [-0.2, -0.15) is 0 Å². The molecule has 0 aliphatic rings. The van der Waals surface area contributed by atoms with Crippen LogP contribution in [0.15, 0.2) is 0 Å². The summed E-state index contributed by atoms with van der Waals surface area (Å²) < 4.78 is 20.6. The summed E-state index contributed by atoms with van der Waals surface area (Å²) >= 11 is 0. The van der Waals surface area contributed by atoms with Crippen LogP contribution in [0.3, 0.4) is 0 Å². The fourth-order valence-corrected chi connectivity index (χ4v) is 1.45. The molecule has 1 amide bonds. The van der Waals surface area contributed by atoms with Gasteiger partial charge in [0.1, 0.15) is 6.04 Å². The first kappa shape index (κ1) is 21.7. The number of amides is 1. The van der Waals surface area contributed by atoms with Crippen molar-refractivity contribution in [1.82, 2.24) is 5.32 Å². The molecule has 0 heterocycles. The van der Waals surface area contributed by atoms with Crippen LogP contribution < -0.4 is 11.1 Å². The van der Waals surface area contributed by atoms with Crippen molar-refractivity contribution in [2.75, 3.05) is 59.9 Å². The van der Waals surface area contributed by atoms with E-state index in [2.05, 4.69) is 5.32 Å². The van der Waals surface area contributed by atoms with E-state index in [9.17, 15) is 9.59 Å². The van der Waals surface area contributed by atoms with E-state index in [4.69, 9.17) is 29.8 Å². The number of nitrogens with one attached hydrogen (secondary N) is 1. The molecule has 0 aliphatic carbocycles. The molecule has 0 spiro atoms. The quantitative estimate of drug-likeness (QED) is 0.306. The minimum absolute atomic E-state index is 0.0830. The number of carboxylic acids is 1. The summed E-state index contributed by atoms with van der Waals surface area (Å²) in [4.78, 5) is 21.9. The predicted octanol–water partition coefficient (Wildman–Crippen LogP) is -1.01. The number of carbonyl (C=O) groups excluding carboxylic acids is 1. The number of carbonyl (C=O) groups is 2. The smallest absolute Gasteiger partial charge is 0.320 e. The Labute approximate surface area is 136 Å². The molecule has 4 N–H and O–H groups in total. The van der Waals surface area contributed by atoms with Crippen molar-refractivity contribution in [2.45, 2.75) is 18.9 Å². The van der Waals surface area contributed by atoms with Gasteiger partial charge >= 0.3 is 5.97 Å². The molecular weight excluding hydrogens is 308 g/mol. The molecule has 0 bridgehead atoms. The van der Waals surface area contributed by atoms with E-state index in [1.54, 1.807) is 7.11 Å². The van der Waals surface area contributed by atoms with E-state index in [0.717, 1.165) is 0 Å². The predicted molar refractivity (Wildman–Crippen MR) is 82.2 cm³/mol. The van der Waals surface area contributed by atoms with E-state index in [-0.39, 0.29) is 18.7 Å². The molecule has 0 radical (unpaired) electrons. The maximum Gasteiger partial charge on any atom is 0.320 e. The fraction of sp³-hybridized carbons (Fsp3) is 0.857. The molecule has 9 nitrogen and oxygen atoms in total. The van der Waals surface area contributed by atoms with E-state index < -0.39 is 12.0 Å². The van der Waals surface area contributed by atoms with E-state index >= 15 is 0 Å². The van der Waals surface area contributed by atoms with Crippen LogP contribution in [-0.2, 0) is 28.5 Å². The highest BCUT2D eigenvalue weighted by molar-refractivity contribution is 5.78. The first-order valence-corrected chi connectivity index (χ1v) is 7.55. The largest absolute Gasteiger partial charge is 0.480 e. The second kappa shape index (κ2) is 15.6. The number of rotatable bonds is 16. The van der Waals surface area contributed by atoms with Crippen LogP contribution >= 0.6 is 0 Å². The van der Waals surface area contributed by atoms with Gasteiger partial charge in [0.2, 0.25) is 5.91 Å². The molecule has 0 aromatic rings. The van der Waals surface area contributed by atoms with Gasteiger partial charge in [-0.05, 0) is 6.42 Å². The van der Waals surface area contributed by atoms with Gasteiger partial charge in [0.25, 0.3) is 0 Å². The zero-order valence-corrected chi connectivity index (χ0v) is 13.6. The summed E-state index contributed by atoms with van der Waals surface area (Å²) in [5.41, 5.74) is 5.30. The van der Waals surface area contributed by atoms with Crippen molar-refractivity contribution in [2.24, 2.45) is 5.73 Å². The van der Waals surface area contributed by atoms with E-state index in [1.165, 1.54) is 0 Å². The van der Waals surface area contributed by atoms with Crippen LogP contribution in [0.5, 0.6) is 0 Å². The Morgan fingerprint density at radius 2 is 1.52 bits per heavy atom. The number of methoxy groups -OCH3 is 1. The molecule has 9 heteroatoms. The molecular formula is C14H28N2O7. The normalized spacial score (nSPS) is 12.1. The van der Waals surface area contributed by atoms with Crippen molar-refractivity contribution < 1.29 is 33.6 Å². The lowest BCUT2D eigenvalue weighted by atomic mass is 10.1. The van der Waals surface area contributed by atoms with Gasteiger partial charge in [-0.3, -0.25) is 9.59 Å². The van der Waals surface area contributed by atoms with Gasteiger partial charge in [0.15, 0.2) is 0 Å². The standard InChI is InChI=1S/C14H28N2O7/c1-20-6-7-22-10-11-23-9-8-21-5-4-16-13(17)3-2-12(15)14(18)19/h12H,2-11,15H2,1H3,(H,16,17)(H,18,19)/t12-/m0/s1. The van der Waals surface area contributed by atoms with Gasteiger partial charge in [0, 0.05) is 20.1 Å². The van der Waals surface area contributed by atoms with Gasteiger partial charge in [-0.25, -0.2) is 0 Å². The summed E-state index contributed by atoms with van der Waals surface area (Å²) in [6, 6.07) is -1.01. The Morgan fingerprint density at radius 3 is 2.04 bits per heavy atom. The molecule has 23 heavy (non-hydrogen) atoms. The molecule has 0 saturated carbocycles. The third kappa shape index (κ3) is 15.4. The summed E-state index contributed by atoms with van der Waals surface area (Å²) in [5.74, 6) is -1.35. The topological polar surface area (TPSA) is 129 Å². The molecule has 136 valence electrons. The fourth-order valence-electron chi connectivity index (χ4n) is 1.45. The highest BCUT2D eigenvalue weighted by Crippen LogP contribution is 1.94. The van der Waals surface area contributed by atoms with Crippen LogP contribution in [-0.4, -0.2) is 82.9 Å². The SMILES string of the molecule is COCCOCCOCCOCCNC(=O)CC[C@H](N)C(=O)O. The van der Waals surface area contributed by atoms with E-state index in [0.29, 0.717) is 52.8 Å². The zero-order valence-electron chi connectivity index (χ0n) is 13.6. The van der Waals surface area contributed by atoms with Gasteiger partial charge < -0.3 is 35.1 Å². The molecule has 0 aromatic carbocycles. The molecule has 0 aromatic heterocycles. The van der Waals surface area contributed by atoms with Gasteiger partial charge in [-0.15, -0.1) is 0 Å². The van der Waals surface area contributed by atoms with Crippen molar-refractivity contribution in [3.63, 3.8) is 0 Å². The van der Waals surface area contributed by atoms with Crippen LogP contribution in [0, 0.1) is 0 Å². The molecule has 0 saturated heterocycles. The summed E-state index contributed by atoms with van der Waals surface area (Å²) in [6.45, 7) is 3.73. The molecule has 0 aliphatic heterocycles. The number of carboxylic acid groups (broad SMARTS) is 1. The van der Waals surface area contributed by atoms with Crippen molar-refractivity contribution >= 4 is 11.9 Å². The first-order chi connectivity index (χ1) is 11.1. The molecule has 0 fully saturated rings. The Hall–Kier alpha value is -1.26. The number of nitrogens with two attached hydrogens (primary N) is 1. The van der Waals surface area contributed by atoms with Crippen molar-refractivity contribution in [3.05, 3.63) is 0 Å². The molecule has 0 unspecified atom stereocenters. The summed E-state index contributed by atoms with van der Waals surface area (Å²) in [7, 11) is 1.62. The third-order valence-electron chi connectivity index (χ3n) is 2.74. The first-order valence-electron chi connectivity index (χ1n) is 7.55. The van der Waals surface area contributed by atoms with Gasteiger partial charge in [0.05, 0.1) is 46.2 Å². The van der Waals surface area contributed by atoms with Crippen LogP contribution in [0.4, 0.5) is 0 Å². The second-order valence-corrected chi connectivity index (χ2v) is 4.66. The lowest BCUT2D eigenvalue weighted by molar-refractivity contribution is -0.138. The highest BCUT2D eigenvalue weighted by atomic mass is 16.6. The number of ether oxygens (including phenoxy) is 4. The van der Waals surface area contributed by atoms with Gasteiger partial charge in [-0.1, -0.05) is 0 Å². The van der Waals surface area contributed by atoms with Crippen molar-refractivity contribution in [1.29, 1.82) is 0 Å². The molecule has 1 atom stereocenters. The highest BCUT2D eigenvalue weighted by Gasteiger charge is 2.12. The number of hydrogen-bond acceptors (Lipinski definition) is 7. The average molecular weight is 336 g/mol. The van der Waals surface area contributed by atoms with E-state index in [1.807, 2.05) is 0 Å². The monoisotopic (exact) mass is 336 g/mol. The summed E-state index contributed by atoms with van der Waals surface area (Å²) in [6.07, 6.45) is 0.196. The maximum absolute atomic E-state index is 11.4. The number of aliphatic carboxylic acids is 1. The Bertz CT molecular complexity index is 316. The Kier molecular flexibility index (Phi) is 14.8. The van der Waals surface area contributed by atoms with Crippen LogP contribution in [0.1, 0.15) is 12.8 Å². The lowest BCUT2D eigenvalue weighted by Gasteiger charge is -2.08. The maximum atomic E-state index is 11.4.